The van der Waals surface area contributed by atoms with E-state index in [1.165, 1.54) is 5.56 Å². The second kappa shape index (κ2) is 12.3. The molecular formula is C28H30ClN3O3. The highest BCUT2D eigenvalue weighted by molar-refractivity contribution is 6.30. The highest BCUT2D eigenvalue weighted by Gasteiger charge is 2.11. The second-order valence-electron chi connectivity index (χ2n) is 8.21. The third-order valence-corrected chi connectivity index (χ3v) is 5.98. The summed E-state index contributed by atoms with van der Waals surface area (Å²) in [5.41, 5.74) is 3.35. The van der Waals surface area contributed by atoms with Gasteiger partial charge < -0.3 is 19.4 Å². The first-order valence-corrected chi connectivity index (χ1v) is 12.3. The lowest BCUT2D eigenvalue weighted by Crippen LogP contribution is -2.30. The molecule has 0 atom stereocenters. The number of halogens is 1. The molecule has 0 unspecified atom stereocenters. The Morgan fingerprint density at radius 2 is 1.69 bits per heavy atom. The molecule has 35 heavy (non-hydrogen) atoms. The van der Waals surface area contributed by atoms with Crippen LogP contribution < -0.4 is 14.8 Å². The predicted molar refractivity (Wildman–Crippen MR) is 139 cm³/mol. The van der Waals surface area contributed by atoms with E-state index in [-0.39, 0.29) is 12.5 Å². The number of amides is 1. The maximum atomic E-state index is 12.1. The van der Waals surface area contributed by atoms with Gasteiger partial charge in [0.15, 0.2) is 6.61 Å². The van der Waals surface area contributed by atoms with Crippen LogP contribution in [-0.4, -0.2) is 35.2 Å². The van der Waals surface area contributed by atoms with Crippen molar-refractivity contribution in [1.82, 2.24) is 14.9 Å². The summed E-state index contributed by atoms with van der Waals surface area (Å²) < 4.78 is 13.7. The van der Waals surface area contributed by atoms with Crippen LogP contribution in [0.2, 0.25) is 5.02 Å². The van der Waals surface area contributed by atoms with Crippen molar-refractivity contribution in [2.75, 3.05) is 19.8 Å². The minimum Gasteiger partial charge on any atom is -0.492 e. The number of ether oxygens (including phenoxy) is 2. The lowest BCUT2D eigenvalue weighted by molar-refractivity contribution is -0.123. The number of rotatable bonds is 12. The van der Waals surface area contributed by atoms with Crippen LogP contribution in [0, 0.1) is 0 Å². The Bertz CT molecular complexity index is 1240. The Labute approximate surface area is 210 Å². The molecule has 1 N–H and O–H groups in total. The van der Waals surface area contributed by atoms with E-state index in [2.05, 4.69) is 35.0 Å². The summed E-state index contributed by atoms with van der Waals surface area (Å²) >= 11 is 5.86. The van der Waals surface area contributed by atoms with Crippen molar-refractivity contribution in [2.24, 2.45) is 0 Å². The van der Waals surface area contributed by atoms with Crippen molar-refractivity contribution in [3.63, 3.8) is 0 Å². The largest absolute Gasteiger partial charge is 0.492 e. The number of fused-ring (bicyclic) bond motifs is 1. The van der Waals surface area contributed by atoms with Gasteiger partial charge in [-0.25, -0.2) is 4.98 Å². The van der Waals surface area contributed by atoms with E-state index in [9.17, 15) is 4.79 Å². The van der Waals surface area contributed by atoms with E-state index in [0.717, 1.165) is 41.9 Å². The van der Waals surface area contributed by atoms with Gasteiger partial charge in [0, 0.05) is 18.0 Å². The van der Waals surface area contributed by atoms with E-state index >= 15 is 0 Å². The van der Waals surface area contributed by atoms with E-state index in [0.29, 0.717) is 30.5 Å². The first-order chi connectivity index (χ1) is 17.1. The summed E-state index contributed by atoms with van der Waals surface area (Å²) in [6, 6.07) is 23.3. The Balaban J connectivity index is 1.27. The minimum atomic E-state index is -0.157. The maximum absolute atomic E-state index is 12.1. The summed E-state index contributed by atoms with van der Waals surface area (Å²) in [5, 5.41) is 3.54. The molecule has 0 aliphatic heterocycles. The van der Waals surface area contributed by atoms with Crippen LogP contribution in [-0.2, 0) is 24.2 Å². The number of imidazole rings is 1. The number of aryl methyl sites for hydroxylation is 2. The number of hydrogen-bond acceptors (Lipinski definition) is 4. The summed E-state index contributed by atoms with van der Waals surface area (Å²) in [6.45, 7) is 3.91. The maximum Gasteiger partial charge on any atom is 0.257 e. The van der Waals surface area contributed by atoms with Gasteiger partial charge in [-0.2, -0.15) is 0 Å². The van der Waals surface area contributed by atoms with Gasteiger partial charge in [0.05, 0.1) is 17.6 Å². The molecule has 7 heteroatoms. The second-order valence-corrected chi connectivity index (χ2v) is 8.65. The third kappa shape index (κ3) is 6.99. The standard InChI is InChI=1S/C28H30ClN3O3/c1-2-21-9-13-23(14-10-21)34-19-18-32-26-7-4-3-6-25(26)31-27(32)8-5-17-30-28(33)20-35-24-15-11-22(29)12-16-24/h3-4,6-7,9-16H,2,5,8,17-20H2,1H3,(H,30,33). The molecule has 182 valence electrons. The molecule has 0 aliphatic carbocycles. The monoisotopic (exact) mass is 491 g/mol. The number of para-hydroxylation sites is 2. The van der Waals surface area contributed by atoms with Crippen molar-refractivity contribution in [2.45, 2.75) is 32.7 Å². The van der Waals surface area contributed by atoms with Crippen LogP contribution in [0.4, 0.5) is 0 Å². The smallest absolute Gasteiger partial charge is 0.257 e. The molecule has 0 saturated carbocycles. The Kier molecular flexibility index (Phi) is 8.63. The van der Waals surface area contributed by atoms with Gasteiger partial charge >= 0.3 is 0 Å². The average molecular weight is 492 g/mol. The van der Waals surface area contributed by atoms with Crippen LogP contribution in [0.3, 0.4) is 0 Å². The molecule has 3 aromatic carbocycles. The van der Waals surface area contributed by atoms with Gasteiger partial charge in [-0.3, -0.25) is 4.79 Å². The molecule has 1 aromatic heterocycles. The fourth-order valence-electron chi connectivity index (χ4n) is 3.85. The minimum absolute atomic E-state index is 0.0310. The highest BCUT2D eigenvalue weighted by atomic mass is 35.5. The number of carbonyl (C=O) groups is 1. The fraction of sp³-hybridized carbons (Fsp3) is 0.286. The summed E-state index contributed by atoms with van der Waals surface area (Å²) in [6.07, 6.45) is 2.54. The zero-order valence-corrected chi connectivity index (χ0v) is 20.6. The Morgan fingerprint density at radius 3 is 2.46 bits per heavy atom. The number of benzene rings is 3. The molecule has 0 saturated heterocycles. The highest BCUT2D eigenvalue weighted by Crippen LogP contribution is 2.18. The van der Waals surface area contributed by atoms with Crippen LogP contribution in [0.25, 0.3) is 11.0 Å². The molecular weight excluding hydrogens is 462 g/mol. The van der Waals surface area contributed by atoms with Crippen molar-refractivity contribution in [3.8, 4) is 11.5 Å². The van der Waals surface area contributed by atoms with Crippen molar-refractivity contribution in [1.29, 1.82) is 0 Å². The van der Waals surface area contributed by atoms with Gasteiger partial charge in [0.2, 0.25) is 0 Å². The SMILES string of the molecule is CCc1ccc(OCCn2c(CCCNC(=O)COc3ccc(Cl)cc3)nc3ccccc32)cc1. The summed E-state index contributed by atoms with van der Waals surface area (Å²) in [4.78, 5) is 16.9. The normalized spacial score (nSPS) is 10.9. The molecule has 0 spiro atoms. The molecule has 4 rings (SSSR count). The van der Waals surface area contributed by atoms with E-state index in [1.807, 2.05) is 30.3 Å². The van der Waals surface area contributed by atoms with E-state index in [4.69, 9.17) is 26.1 Å². The number of nitrogens with one attached hydrogen (secondary N) is 1. The van der Waals surface area contributed by atoms with Crippen molar-refractivity contribution >= 4 is 28.5 Å². The predicted octanol–water partition coefficient (Wildman–Crippen LogP) is 5.46. The fourth-order valence-corrected chi connectivity index (χ4v) is 3.97. The van der Waals surface area contributed by atoms with Gasteiger partial charge in [-0.15, -0.1) is 0 Å². The topological polar surface area (TPSA) is 65.4 Å². The number of aromatic nitrogens is 2. The zero-order chi connectivity index (χ0) is 24.5. The number of carbonyl (C=O) groups excluding carboxylic acids is 1. The number of hydrogen-bond donors (Lipinski definition) is 1. The van der Waals surface area contributed by atoms with Crippen LogP contribution in [0.1, 0.15) is 24.7 Å². The third-order valence-electron chi connectivity index (χ3n) is 5.73. The molecule has 1 amide bonds. The molecule has 6 nitrogen and oxygen atoms in total. The molecule has 1 heterocycles. The van der Waals surface area contributed by atoms with Gasteiger partial charge in [-0.05, 0) is 66.9 Å². The molecule has 0 fully saturated rings. The van der Waals surface area contributed by atoms with Crippen LogP contribution in [0.5, 0.6) is 11.5 Å². The molecule has 0 aliphatic rings. The first-order valence-electron chi connectivity index (χ1n) is 11.9. The lowest BCUT2D eigenvalue weighted by atomic mass is 10.2. The quantitative estimate of drug-likeness (QED) is 0.267. The molecule has 4 aromatic rings. The Hall–Kier alpha value is -3.51. The Morgan fingerprint density at radius 1 is 0.971 bits per heavy atom. The van der Waals surface area contributed by atoms with Crippen molar-refractivity contribution < 1.29 is 14.3 Å². The molecule has 0 bridgehead atoms. The average Bonchev–Trinajstić information content (AvgIpc) is 3.24. The van der Waals surface area contributed by atoms with Gasteiger partial charge in [0.1, 0.15) is 23.9 Å². The van der Waals surface area contributed by atoms with Gasteiger partial charge in [0.25, 0.3) is 5.91 Å². The van der Waals surface area contributed by atoms with Crippen LogP contribution >= 0.6 is 11.6 Å². The molecule has 0 radical (unpaired) electrons. The van der Waals surface area contributed by atoms with E-state index < -0.39 is 0 Å². The van der Waals surface area contributed by atoms with Crippen LogP contribution in [0.15, 0.2) is 72.8 Å². The first kappa shape index (κ1) is 24.6. The van der Waals surface area contributed by atoms with Gasteiger partial charge in [-0.1, -0.05) is 42.8 Å². The lowest BCUT2D eigenvalue weighted by Gasteiger charge is -2.12. The number of nitrogens with zero attached hydrogens (tertiary/aromatic N) is 2. The van der Waals surface area contributed by atoms with E-state index in [1.54, 1.807) is 24.3 Å². The zero-order valence-electron chi connectivity index (χ0n) is 19.9. The summed E-state index contributed by atoms with van der Waals surface area (Å²) in [5.74, 6) is 2.32. The summed E-state index contributed by atoms with van der Waals surface area (Å²) in [7, 11) is 0. The van der Waals surface area contributed by atoms with Crippen molar-refractivity contribution in [3.05, 3.63) is 89.2 Å².